The number of hydrogen-bond donors (Lipinski definition) is 4. The maximum absolute atomic E-state index is 13.4. The Morgan fingerprint density at radius 1 is 1.00 bits per heavy atom. The van der Waals surface area contributed by atoms with Crippen molar-refractivity contribution in [1.29, 1.82) is 0 Å². The van der Waals surface area contributed by atoms with Crippen molar-refractivity contribution in [3.63, 3.8) is 0 Å². The highest BCUT2D eigenvalue weighted by Crippen LogP contribution is 2.64. The van der Waals surface area contributed by atoms with Gasteiger partial charge in [0.2, 0.25) is 5.95 Å². The molecule has 2 unspecified atom stereocenters. The van der Waals surface area contributed by atoms with Gasteiger partial charge in [-0.1, -0.05) is 0 Å². The van der Waals surface area contributed by atoms with Crippen LogP contribution in [0.4, 0.5) is 11.8 Å². The maximum Gasteiger partial charge on any atom is 0.697 e. The monoisotopic (exact) mass is 665 g/mol. The molecule has 4 aliphatic heterocycles. The van der Waals surface area contributed by atoms with Crippen molar-refractivity contribution in [3.05, 3.63) is 29.3 Å². The number of imidazole rings is 2. The largest absolute Gasteiger partial charge is 0.697 e. The van der Waals surface area contributed by atoms with Crippen molar-refractivity contribution < 1.29 is 46.3 Å². The van der Waals surface area contributed by atoms with E-state index in [0.717, 1.165) is 0 Å². The second kappa shape index (κ2) is 9.29. The van der Waals surface area contributed by atoms with E-state index in [2.05, 4.69) is 29.9 Å². The molecule has 45 heavy (non-hydrogen) atoms. The van der Waals surface area contributed by atoms with Gasteiger partial charge in [0.15, 0.2) is 46.8 Å². The quantitative estimate of drug-likeness (QED) is 0.199. The molecule has 5 aliphatic rings. The van der Waals surface area contributed by atoms with Crippen LogP contribution >= 0.6 is 16.1 Å². The number of nitrogens with two attached hydrogens (primary N) is 2. The third-order valence-corrected chi connectivity index (χ3v) is 10.5. The number of nitrogens with zero attached hydrogens (tertiary/aromatic N) is 7. The van der Waals surface area contributed by atoms with Crippen molar-refractivity contribution in [2.24, 2.45) is 5.92 Å². The number of hydrogen-bond acceptors (Lipinski definition) is 17. The molecule has 0 spiro atoms. The highest BCUT2D eigenvalue weighted by Gasteiger charge is 2.72. The molecule has 10 atom stereocenters. The predicted molar refractivity (Wildman–Crippen MR) is 145 cm³/mol. The van der Waals surface area contributed by atoms with Crippen LogP contribution < -0.4 is 17.0 Å². The summed E-state index contributed by atoms with van der Waals surface area (Å²) in [6, 6.07) is 0. The number of anilines is 2. The van der Waals surface area contributed by atoms with Crippen LogP contribution in [0.15, 0.2) is 23.8 Å². The molecule has 0 aromatic carbocycles. The SMILES string of the molecule is Nc1nc2c(ncn2[C@@H]2O[C@]34COP(=O)(O)O[C@H]5[C@H]6OC[C@]5(CO[P+](=O)O[C@@H]2[C@@H]3C4)O[C@H]6n2cnc3c(N)ncnc32)c(=O)[nH]1. The fourth-order valence-corrected chi connectivity index (χ4v) is 8.51. The van der Waals surface area contributed by atoms with E-state index in [0.29, 0.717) is 17.6 Å². The Bertz CT molecular complexity index is 2020. The molecule has 0 amide bonds. The van der Waals surface area contributed by atoms with Gasteiger partial charge >= 0.3 is 16.1 Å². The van der Waals surface area contributed by atoms with Crippen LogP contribution in [0.25, 0.3) is 22.3 Å². The lowest BCUT2D eigenvalue weighted by Crippen LogP contribution is -2.45. The van der Waals surface area contributed by atoms with E-state index in [9.17, 15) is 18.8 Å². The van der Waals surface area contributed by atoms with Crippen molar-refractivity contribution in [1.82, 2.24) is 39.0 Å². The number of phosphoric acid groups is 1. The van der Waals surface area contributed by atoms with Crippen LogP contribution in [0.2, 0.25) is 0 Å². The molecule has 236 valence electrons. The van der Waals surface area contributed by atoms with Crippen molar-refractivity contribution >= 4 is 50.2 Å². The Hall–Kier alpha value is -3.49. The zero-order chi connectivity index (χ0) is 30.9. The number of ether oxygens (including phenoxy) is 3. The van der Waals surface area contributed by atoms with Gasteiger partial charge in [0, 0.05) is 10.5 Å². The molecule has 6 N–H and O–H groups in total. The van der Waals surface area contributed by atoms with Gasteiger partial charge in [0.1, 0.15) is 36.3 Å². The summed E-state index contributed by atoms with van der Waals surface area (Å²) in [7, 11) is -7.62. The van der Waals surface area contributed by atoms with Crippen LogP contribution in [0.5, 0.6) is 0 Å². The lowest BCUT2D eigenvalue weighted by Gasteiger charge is -2.30. The number of fused-ring (bicyclic) bond motifs is 2. The Balaban J connectivity index is 1.05. The number of aromatic nitrogens is 8. The van der Waals surface area contributed by atoms with Crippen molar-refractivity contribution in [2.45, 2.75) is 48.4 Å². The second-order valence-corrected chi connectivity index (χ2v) is 13.7. The van der Waals surface area contributed by atoms with Gasteiger partial charge in [-0.2, -0.15) is 4.98 Å². The first-order valence-electron chi connectivity index (χ1n) is 13.6. The van der Waals surface area contributed by atoms with Gasteiger partial charge in [0.05, 0.1) is 25.9 Å². The molecular weight excluding hydrogens is 642 g/mol. The van der Waals surface area contributed by atoms with E-state index in [4.69, 9.17) is 43.8 Å². The molecule has 1 aliphatic carbocycles. The molecule has 21 nitrogen and oxygen atoms in total. The molecular formula is C22H23N10O11P2+. The summed E-state index contributed by atoms with van der Waals surface area (Å²) >= 11 is 0. The molecule has 4 saturated heterocycles. The van der Waals surface area contributed by atoms with Crippen LogP contribution in [-0.4, -0.2) is 93.3 Å². The van der Waals surface area contributed by atoms with E-state index in [1.165, 1.54) is 28.1 Å². The number of phosphoric ester groups is 1. The van der Waals surface area contributed by atoms with Crippen LogP contribution in [0.1, 0.15) is 18.9 Å². The molecule has 9 rings (SSSR count). The molecule has 5 fully saturated rings. The minimum Gasteiger partial charge on any atom is -0.382 e. The summed E-state index contributed by atoms with van der Waals surface area (Å²) in [6.45, 7) is -0.921. The van der Waals surface area contributed by atoms with E-state index in [-0.39, 0.29) is 36.1 Å². The van der Waals surface area contributed by atoms with E-state index in [1.54, 1.807) is 0 Å². The first kappa shape index (κ1) is 27.8. The highest BCUT2D eigenvalue weighted by atomic mass is 31.2. The van der Waals surface area contributed by atoms with E-state index >= 15 is 0 Å². The molecule has 0 radical (unpaired) electrons. The summed E-state index contributed by atoms with van der Waals surface area (Å²) in [5, 5.41) is 0. The third kappa shape index (κ3) is 4.07. The highest BCUT2D eigenvalue weighted by molar-refractivity contribution is 7.47. The zero-order valence-electron chi connectivity index (χ0n) is 22.7. The molecule has 8 heterocycles. The first-order valence-corrected chi connectivity index (χ1v) is 16.2. The Labute approximate surface area is 250 Å². The van der Waals surface area contributed by atoms with Gasteiger partial charge in [-0.3, -0.25) is 28.0 Å². The first-order chi connectivity index (χ1) is 21.6. The molecule has 1 saturated carbocycles. The van der Waals surface area contributed by atoms with Crippen LogP contribution in [-0.2, 0) is 41.4 Å². The molecule has 4 aromatic heterocycles. The van der Waals surface area contributed by atoms with Crippen molar-refractivity contribution in [3.8, 4) is 0 Å². The lowest BCUT2D eigenvalue weighted by molar-refractivity contribution is -0.183. The number of nitrogens with one attached hydrogen (secondary N) is 1. The number of H-pyrrole nitrogens is 1. The molecule has 4 bridgehead atoms. The normalized spacial score (nSPS) is 40.2. The van der Waals surface area contributed by atoms with Crippen LogP contribution in [0, 0.1) is 5.92 Å². The minimum atomic E-state index is -4.79. The number of aromatic amines is 1. The summed E-state index contributed by atoms with van der Waals surface area (Å²) in [4.78, 5) is 46.4. The molecule has 23 heteroatoms. The van der Waals surface area contributed by atoms with Crippen molar-refractivity contribution in [2.75, 3.05) is 31.3 Å². The Morgan fingerprint density at radius 3 is 2.60 bits per heavy atom. The lowest BCUT2D eigenvalue weighted by atomic mass is 10.0. The molecule has 4 aromatic rings. The summed E-state index contributed by atoms with van der Waals surface area (Å²) in [5.41, 5.74) is 9.25. The third-order valence-electron chi connectivity index (χ3n) is 8.81. The minimum absolute atomic E-state index is 0.00518. The Morgan fingerprint density at radius 2 is 1.76 bits per heavy atom. The summed E-state index contributed by atoms with van der Waals surface area (Å²) in [6.07, 6.45) is -0.694. The van der Waals surface area contributed by atoms with Gasteiger partial charge in [-0.15, -0.1) is 9.05 Å². The summed E-state index contributed by atoms with van der Waals surface area (Å²) in [5.74, 6) is -0.430. The summed E-state index contributed by atoms with van der Waals surface area (Å²) < 4.78 is 71.1. The fraction of sp³-hybridized carbons (Fsp3) is 0.545. The van der Waals surface area contributed by atoms with Gasteiger partial charge < -0.3 is 30.6 Å². The average molecular weight is 665 g/mol. The van der Waals surface area contributed by atoms with E-state index in [1.807, 2.05) is 0 Å². The predicted octanol–water partition coefficient (Wildman–Crippen LogP) is -0.347. The average Bonchev–Trinajstić information content (AvgIpc) is 3.48. The van der Waals surface area contributed by atoms with E-state index < -0.39 is 76.1 Å². The standard InChI is InChI=1S/C22H22N10O11P2/c23-14-9-15(26-5-25-14)31(6-27-9)19-12-13-22(41-19,2-37-12)3-38-44(34)42-11-8-1-21(8,4-39-45(35,36)43-13)40-18(11)32-7-28-10-16(32)29-20(24)30-17(10)33/h5-8,11-13,18-19H,1-4H2,(H5-,23,24,25,26,29,30,33,35,36)/p+1/t8-,11+,12+,13-,18+,19+,21+,22+/m0/s1. The van der Waals surface area contributed by atoms with Gasteiger partial charge in [0.25, 0.3) is 5.56 Å². The van der Waals surface area contributed by atoms with Gasteiger partial charge in [-0.05, 0) is 6.42 Å². The Kier molecular flexibility index (Phi) is 5.74. The van der Waals surface area contributed by atoms with Gasteiger partial charge in [-0.25, -0.2) is 24.5 Å². The fourth-order valence-electron chi connectivity index (χ4n) is 6.63. The second-order valence-electron chi connectivity index (χ2n) is 11.4. The topological polar surface area (TPSA) is 278 Å². The number of rotatable bonds is 2. The number of nitrogen functional groups attached to an aromatic ring is 2. The smallest absolute Gasteiger partial charge is 0.382 e. The van der Waals surface area contributed by atoms with Crippen LogP contribution in [0.3, 0.4) is 0 Å². The zero-order valence-corrected chi connectivity index (χ0v) is 24.5. The maximum atomic E-state index is 13.4.